The second-order valence-electron chi connectivity index (χ2n) is 5.54. The molecule has 1 fully saturated rings. The molecule has 4 heteroatoms. The molecule has 2 rings (SSSR count). The van der Waals surface area contributed by atoms with Crippen molar-refractivity contribution in [1.29, 1.82) is 0 Å². The molecule has 0 spiro atoms. The predicted octanol–water partition coefficient (Wildman–Crippen LogP) is 1.07. The maximum atomic E-state index is 12.2. The number of amides is 1. The first-order chi connectivity index (χ1) is 10.2. The number of likely N-dealkylation sites (tertiary alicyclic amines) is 1. The molecule has 1 aliphatic rings. The Kier molecular flexibility index (Phi) is 5.79. The summed E-state index contributed by atoms with van der Waals surface area (Å²) in [7, 11) is 2.14. The number of benzene rings is 1. The van der Waals surface area contributed by atoms with Crippen molar-refractivity contribution in [3.63, 3.8) is 0 Å². The molecule has 0 bridgehead atoms. The Hall–Kier alpha value is -1.83. The van der Waals surface area contributed by atoms with Crippen molar-refractivity contribution < 1.29 is 4.79 Å². The van der Waals surface area contributed by atoms with Gasteiger partial charge in [0.25, 0.3) is 5.91 Å². The van der Waals surface area contributed by atoms with E-state index in [1.165, 1.54) is 0 Å². The molecule has 21 heavy (non-hydrogen) atoms. The SMILES string of the molecule is CN1CCC(CNC(=O)c2cccc(C#CCN)c2)CC1. The molecule has 1 aliphatic heterocycles. The van der Waals surface area contributed by atoms with Crippen LogP contribution in [-0.2, 0) is 0 Å². The van der Waals surface area contributed by atoms with Crippen LogP contribution < -0.4 is 11.1 Å². The van der Waals surface area contributed by atoms with E-state index >= 15 is 0 Å². The van der Waals surface area contributed by atoms with Crippen molar-refractivity contribution in [3.8, 4) is 11.8 Å². The zero-order chi connectivity index (χ0) is 15.1. The van der Waals surface area contributed by atoms with E-state index < -0.39 is 0 Å². The van der Waals surface area contributed by atoms with Gasteiger partial charge in [0.05, 0.1) is 6.54 Å². The van der Waals surface area contributed by atoms with Crippen LogP contribution in [0.1, 0.15) is 28.8 Å². The van der Waals surface area contributed by atoms with Gasteiger partial charge in [0.1, 0.15) is 0 Å². The summed E-state index contributed by atoms with van der Waals surface area (Å²) in [5, 5.41) is 3.04. The normalized spacial score (nSPS) is 16.1. The number of hydrogen-bond acceptors (Lipinski definition) is 3. The van der Waals surface area contributed by atoms with Crippen LogP contribution >= 0.6 is 0 Å². The number of nitrogens with zero attached hydrogens (tertiary/aromatic N) is 1. The molecule has 0 saturated carbocycles. The van der Waals surface area contributed by atoms with E-state index in [1.54, 1.807) is 0 Å². The fraction of sp³-hybridized carbons (Fsp3) is 0.471. The fourth-order valence-electron chi connectivity index (χ4n) is 2.50. The maximum absolute atomic E-state index is 12.2. The lowest BCUT2D eigenvalue weighted by atomic mass is 9.97. The van der Waals surface area contributed by atoms with E-state index in [1.807, 2.05) is 24.3 Å². The highest BCUT2D eigenvalue weighted by Crippen LogP contribution is 2.15. The van der Waals surface area contributed by atoms with E-state index in [0.717, 1.165) is 38.0 Å². The summed E-state index contributed by atoms with van der Waals surface area (Å²) in [6, 6.07) is 7.37. The molecule has 1 saturated heterocycles. The number of nitrogens with two attached hydrogens (primary N) is 1. The minimum atomic E-state index is -0.0228. The van der Waals surface area contributed by atoms with Crippen molar-refractivity contribution in [1.82, 2.24) is 10.2 Å². The van der Waals surface area contributed by atoms with Gasteiger partial charge in [-0.1, -0.05) is 17.9 Å². The molecule has 0 aliphatic carbocycles. The topological polar surface area (TPSA) is 58.4 Å². The number of carbonyl (C=O) groups is 1. The van der Waals surface area contributed by atoms with E-state index in [4.69, 9.17) is 5.73 Å². The lowest BCUT2D eigenvalue weighted by molar-refractivity contribution is 0.0939. The van der Waals surface area contributed by atoms with Gasteiger partial charge in [0, 0.05) is 17.7 Å². The lowest BCUT2D eigenvalue weighted by Crippen LogP contribution is -2.36. The van der Waals surface area contributed by atoms with Crippen molar-refractivity contribution in [2.24, 2.45) is 11.7 Å². The van der Waals surface area contributed by atoms with Crippen LogP contribution in [0.2, 0.25) is 0 Å². The summed E-state index contributed by atoms with van der Waals surface area (Å²) in [5.74, 6) is 6.31. The Morgan fingerprint density at radius 2 is 2.19 bits per heavy atom. The first-order valence-corrected chi connectivity index (χ1v) is 7.45. The van der Waals surface area contributed by atoms with Gasteiger partial charge >= 0.3 is 0 Å². The predicted molar refractivity (Wildman–Crippen MR) is 84.9 cm³/mol. The first-order valence-electron chi connectivity index (χ1n) is 7.45. The molecule has 0 aromatic heterocycles. The van der Waals surface area contributed by atoms with Crippen LogP contribution in [0.5, 0.6) is 0 Å². The maximum Gasteiger partial charge on any atom is 0.251 e. The zero-order valence-corrected chi connectivity index (χ0v) is 12.6. The summed E-state index contributed by atoms with van der Waals surface area (Å²) < 4.78 is 0. The van der Waals surface area contributed by atoms with Gasteiger partial charge in [-0.25, -0.2) is 0 Å². The Bertz CT molecular complexity index is 536. The standard InChI is InChI=1S/C17H23N3O/c1-20-10-7-15(8-11-20)13-19-17(21)16-6-2-4-14(12-16)5-3-9-18/h2,4,6,12,15H,7-11,13,18H2,1H3,(H,19,21). The second-order valence-corrected chi connectivity index (χ2v) is 5.54. The van der Waals surface area contributed by atoms with Crippen LogP contribution in [-0.4, -0.2) is 44.0 Å². The fourth-order valence-corrected chi connectivity index (χ4v) is 2.50. The van der Waals surface area contributed by atoms with E-state index in [0.29, 0.717) is 18.0 Å². The third-order valence-corrected chi connectivity index (χ3v) is 3.85. The van der Waals surface area contributed by atoms with E-state index in [9.17, 15) is 4.79 Å². The number of piperidine rings is 1. The number of carbonyl (C=O) groups excluding carboxylic acids is 1. The number of nitrogens with one attached hydrogen (secondary N) is 1. The van der Waals surface area contributed by atoms with Gasteiger partial charge in [0.2, 0.25) is 0 Å². The highest BCUT2D eigenvalue weighted by Gasteiger charge is 2.17. The van der Waals surface area contributed by atoms with Crippen molar-refractivity contribution in [2.75, 3.05) is 33.2 Å². The molecule has 0 radical (unpaired) electrons. The average Bonchev–Trinajstić information content (AvgIpc) is 2.52. The Balaban J connectivity index is 1.88. The third-order valence-electron chi connectivity index (χ3n) is 3.85. The molecule has 1 heterocycles. The average molecular weight is 285 g/mol. The summed E-state index contributed by atoms with van der Waals surface area (Å²) in [5.41, 5.74) is 6.84. The highest BCUT2D eigenvalue weighted by molar-refractivity contribution is 5.94. The van der Waals surface area contributed by atoms with Gasteiger partial charge in [-0.15, -0.1) is 0 Å². The van der Waals surface area contributed by atoms with E-state index in [-0.39, 0.29) is 5.91 Å². The van der Waals surface area contributed by atoms with Crippen LogP contribution in [0.15, 0.2) is 24.3 Å². The van der Waals surface area contributed by atoms with E-state index in [2.05, 4.69) is 29.1 Å². The van der Waals surface area contributed by atoms with Gasteiger partial charge in [-0.05, 0) is 57.1 Å². The summed E-state index contributed by atoms with van der Waals surface area (Å²) in [6.07, 6.45) is 2.30. The van der Waals surface area contributed by atoms with Crippen LogP contribution in [0.25, 0.3) is 0 Å². The molecule has 4 nitrogen and oxygen atoms in total. The Morgan fingerprint density at radius 3 is 2.90 bits per heavy atom. The summed E-state index contributed by atoms with van der Waals surface area (Å²) >= 11 is 0. The third kappa shape index (κ3) is 4.89. The molecular weight excluding hydrogens is 262 g/mol. The lowest BCUT2D eigenvalue weighted by Gasteiger charge is -2.28. The van der Waals surface area contributed by atoms with Crippen molar-refractivity contribution >= 4 is 5.91 Å². The smallest absolute Gasteiger partial charge is 0.251 e. The summed E-state index contributed by atoms with van der Waals surface area (Å²) in [4.78, 5) is 14.5. The monoisotopic (exact) mass is 285 g/mol. The number of hydrogen-bond donors (Lipinski definition) is 2. The quantitative estimate of drug-likeness (QED) is 0.817. The van der Waals surface area contributed by atoms with Crippen molar-refractivity contribution in [3.05, 3.63) is 35.4 Å². The molecule has 0 atom stereocenters. The zero-order valence-electron chi connectivity index (χ0n) is 12.6. The van der Waals surface area contributed by atoms with Gasteiger partial charge in [0.15, 0.2) is 0 Å². The molecule has 1 amide bonds. The van der Waals surface area contributed by atoms with Gasteiger partial charge < -0.3 is 16.0 Å². The Labute approximate surface area is 126 Å². The minimum Gasteiger partial charge on any atom is -0.352 e. The number of rotatable bonds is 3. The molecular formula is C17H23N3O. The molecule has 3 N–H and O–H groups in total. The highest BCUT2D eigenvalue weighted by atomic mass is 16.1. The molecule has 1 aromatic rings. The second kappa shape index (κ2) is 7.82. The van der Waals surface area contributed by atoms with Gasteiger partial charge in [-0.3, -0.25) is 4.79 Å². The van der Waals surface area contributed by atoms with Crippen molar-refractivity contribution in [2.45, 2.75) is 12.8 Å². The van der Waals surface area contributed by atoms with Crippen LogP contribution in [0, 0.1) is 17.8 Å². The molecule has 0 unspecified atom stereocenters. The van der Waals surface area contributed by atoms with Crippen LogP contribution in [0.3, 0.4) is 0 Å². The summed E-state index contributed by atoms with van der Waals surface area (Å²) in [6.45, 7) is 3.31. The molecule has 112 valence electrons. The van der Waals surface area contributed by atoms with Crippen LogP contribution in [0.4, 0.5) is 0 Å². The molecule has 1 aromatic carbocycles. The largest absolute Gasteiger partial charge is 0.352 e. The first kappa shape index (κ1) is 15.6. The minimum absolute atomic E-state index is 0.0228. The Morgan fingerprint density at radius 1 is 1.43 bits per heavy atom. The van der Waals surface area contributed by atoms with Gasteiger partial charge in [-0.2, -0.15) is 0 Å².